The first-order valence-corrected chi connectivity index (χ1v) is 7.87. The monoisotopic (exact) mass is 371 g/mol. The first-order chi connectivity index (χ1) is 12.3. The molecule has 7 N–H and O–H groups in total. The van der Waals surface area contributed by atoms with E-state index in [1.54, 1.807) is 0 Å². The van der Waals surface area contributed by atoms with Gasteiger partial charge in [0.25, 0.3) is 0 Å². The number of anilines is 1. The van der Waals surface area contributed by atoms with Crippen LogP contribution in [0.4, 0.5) is 5.69 Å². The zero-order valence-electron chi connectivity index (χ0n) is 13.7. The van der Waals surface area contributed by atoms with Gasteiger partial charge in [0.1, 0.15) is 30.2 Å². The molecule has 1 saturated heterocycles. The molecule has 1 heterocycles. The summed E-state index contributed by atoms with van der Waals surface area (Å²) in [5.41, 5.74) is 5.86. The Hall–Kier alpha value is -2.24. The fraction of sp³-hybridized carbons (Fsp3) is 0.500. The summed E-state index contributed by atoms with van der Waals surface area (Å²) in [6, 6.07) is 4.24. The van der Waals surface area contributed by atoms with Crippen molar-refractivity contribution in [2.24, 2.45) is 0 Å². The van der Waals surface area contributed by atoms with E-state index in [1.807, 2.05) is 0 Å². The minimum absolute atomic E-state index is 0.0319. The number of ketones is 1. The van der Waals surface area contributed by atoms with Crippen molar-refractivity contribution in [2.45, 2.75) is 43.5 Å². The molecule has 5 atom stereocenters. The maximum atomic E-state index is 12.1. The summed E-state index contributed by atoms with van der Waals surface area (Å²) in [6.45, 7) is -0.617. The van der Waals surface area contributed by atoms with Crippen molar-refractivity contribution in [3.63, 3.8) is 0 Å². The van der Waals surface area contributed by atoms with Crippen LogP contribution in [0.2, 0.25) is 0 Å². The highest BCUT2D eigenvalue weighted by atomic mass is 16.7. The van der Waals surface area contributed by atoms with Crippen molar-refractivity contribution in [1.29, 1.82) is 0 Å². The lowest BCUT2D eigenvalue weighted by atomic mass is 9.99. The Bertz CT molecular complexity index is 663. The molecule has 10 heteroatoms. The van der Waals surface area contributed by atoms with Gasteiger partial charge in [0.05, 0.1) is 18.7 Å². The van der Waals surface area contributed by atoms with Crippen LogP contribution in [-0.2, 0) is 9.53 Å². The zero-order valence-corrected chi connectivity index (χ0v) is 13.7. The number of carbonyl (C=O) groups is 2. The van der Waals surface area contributed by atoms with Gasteiger partial charge in [-0.2, -0.15) is 0 Å². The lowest BCUT2D eigenvalue weighted by Crippen LogP contribution is -2.60. The maximum absolute atomic E-state index is 12.1. The summed E-state index contributed by atoms with van der Waals surface area (Å²) in [5.74, 6) is -1.65. The molecular weight excluding hydrogens is 350 g/mol. The predicted octanol–water partition coefficient (Wildman–Crippen LogP) is -1.50. The van der Waals surface area contributed by atoms with Crippen LogP contribution < -0.4 is 10.5 Å². The molecule has 1 aromatic carbocycles. The predicted molar refractivity (Wildman–Crippen MR) is 86.4 cm³/mol. The number of benzene rings is 1. The molecule has 1 aliphatic rings. The van der Waals surface area contributed by atoms with Gasteiger partial charge in [-0.15, -0.1) is 0 Å². The maximum Gasteiger partial charge on any atom is 0.303 e. The fourth-order valence-corrected chi connectivity index (χ4v) is 2.53. The van der Waals surface area contributed by atoms with E-state index in [1.165, 1.54) is 18.2 Å². The van der Waals surface area contributed by atoms with Crippen molar-refractivity contribution in [3.05, 3.63) is 23.8 Å². The Labute approximate surface area is 148 Å². The molecule has 1 fully saturated rings. The van der Waals surface area contributed by atoms with Crippen LogP contribution in [0.15, 0.2) is 18.2 Å². The highest BCUT2D eigenvalue weighted by Gasteiger charge is 2.44. The normalized spacial score (nSPS) is 28.5. The van der Waals surface area contributed by atoms with E-state index in [0.717, 1.165) is 0 Å². The summed E-state index contributed by atoms with van der Waals surface area (Å²) in [6.07, 6.45) is -7.97. The second kappa shape index (κ2) is 8.43. The Morgan fingerprint density at radius 3 is 2.42 bits per heavy atom. The SMILES string of the molecule is Nc1c(O[C@@H]2O[C@H](CO)[C@@H](O)[C@H](O)[C@H]2O)cccc1C(=O)CCC(=O)O. The van der Waals surface area contributed by atoms with Gasteiger partial charge >= 0.3 is 5.97 Å². The first-order valence-electron chi connectivity index (χ1n) is 7.87. The summed E-state index contributed by atoms with van der Waals surface area (Å²) >= 11 is 0. The molecule has 0 bridgehead atoms. The van der Waals surface area contributed by atoms with E-state index in [4.69, 9.17) is 20.3 Å². The van der Waals surface area contributed by atoms with Gasteiger partial charge in [-0.05, 0) is 12.1 Å². The molecule has 10 nitrogen and oxygen atoms in total. The third-order valence-corrected chi connectivity index (χ3v) is 4.02. The van der Waals surface area contributed by atoms with Crippen LogP contribution in [0.3, 0.4) is 0 Å². The Morgan fingerprint density at radius 1 is 1.12 bits per heavy atom. The minimum atomic E-state index is -1.63. The number of ether oxygens (including phenoxy) is 2. The number of nitrogens with two attached hydrogens (primary N) is 1. The fourth-order valence-electron chi connectivity index (χ4n) is 2.53. The molecule has 0 spiro atoms. The Balaban J connectivity index is 2.18. The van der Waals surface area contributed by atoms with Crippen molar-refractivity contribution in [3.8, 4) is 5.75 Å². The molecule has 0 radical (unpaired) electrons. The number of carbonyl (C=O) groups excluding carboxylic acids is 1. The van der Waals surface area contributed by atoms with Crippen LogP contribution in [0.25, 0.3) is 0 Å². The Morgan fingerprint density at radius 2 is 1.81 bits per heavy atom. The van der Waals surface area contributed by atoms with E-state index in [0.29, 0.717) is 0 Å². The number of Topliss-reactive ketones (excluding diaryl/α,β-unsaturated/α-hetero) is 1. The lowest BCUT2D eigenvalue weighted by molar-refractivity contribution is -0.277. The van der Waals surface area contributed by atoms with Gasteiger partial charge in [-0.25, -0.2) is 0 Å². The van der Waals surface area contributed by atoms with Crippen molar-refractivity contribution >= 4 is 17.4 Å². The number of carboxylic acid groups (broad SMARTS) is 1. The van der Waals surface area contributed by atoms with E-state index in [-0.39, 0.29) is 29.8 Å². The number of aliphatic hydroxyl groups excluding tert-OH is 4. The summed E-state index contributed by atoms with van der Waals surface area (Å²) < 4.78 is 10.6. The molecule has 1 aliphatic heterocycles. The molecule has 0 aromatic heterocycles. The summed E-state index contributed by atoms with van der Waals surface area (Å²) in [7, 11) is 0. The highest BCUT2D eigenvalue weighted by molar-refractivity contribution is 6.02. The Kier molecular flexibility index (Phi) is 6.51. The molecule has 1 aromatic rings. The molecule has 144 valence electrons. The van der Waals surface area contributed by atoms with Crippen LogP contribution in [0.1, 0.15) is 23.2 Å². The number of rotatable bonds is 7. The van der Waals surface area contributed by atoms with Crippen molar-refractivity contribution in [2.75, 3.05) is 12.3 Å². The van der Waals surface area contributed by atoms with Crippen LogP contribution >= 0.6 is 0 Å². The molecule has 0 unspecified atom stereocenters. The third kappa shape index (κ3) is 4.29. The summed E-state index contributed by atoms with van der Waals surface area (Å²) in [5, 5.41) is 47.3. The van der Waals surface area contributed by atoms with Crippen LogP contribution in [0, 0.1) is 0 Å². The van der Waals surface area contributed by atoms with E-state index in [9.17, 15) is 30.0 Å². The number of aliphatic hydroxyl groups is 4. The van der Waals surface area contributed by atoms with Gasteiger partial charge in [0, 0.05) is 12.0 Å². The molecule has 0 amide bonds. The smallest absolute Gasteiger partial charge is 0.303 e. The van der Waals surface area contributed by atoms with Gasteiger partial charge < -0.3 is 40.7 Å². The van der Waals surface area contributed by atoms with Gasteiger partial charge in [0.2, 0.25) is 6.29 Å². The van der Waals surface area contributed by atoms with Gasteiger partial charge in [0.15, 0.2) is 5.78 Å². The van der Waals surface area contributed by atoms with E-state index >= 15 is 0 Å². The molecule has 2 rings (SSSR count). The van der Waals surface area contributed by atoms with E-state index < -0.39 is 49.1 Å². The standard InChI is InChI=1S/C16H21NO9/c17-12-7(8(19)4-5-11(20)21)2-1-3-9(12)25-16-15(24)14(23)13(22)10(6-18)26-16/h1-3,10,13-16,18,22-24H,4-6,17H2,(H,20,21)/t10-,13-,14+,15-,16-/m1/s1. The largest absolute Gasteiger partial charge is 0.481 e. The second-order valence-corrected chi connectivity index (χ2v) is 5.85. The zero-order chi connectivity index (χ0) is 19.4. The van der Waals surface area contributed by atoms with Crippen LogP contribution in [0.5, 0.6) is 5.75 Å². The van der Waals surface area contributed by atoms with Crippen LogP contribution in [-0.4, -0.2) is 74.6 Å². The quantitative estimate of drug-likeness (QED) is 0.244. The summed E-state index contributed by atoms with van der Waals surface area (Å²) in [4.78, 5) is 22.7. The highest BCUT2D eigenvalue weighted by Crippen LogP contribution is 2.30. The molecule has 0 aliphatic carbocycles. The third-order valence-electron chi connectivity index (χ3n) is 4.02. The average molecular weight is 371 g/mol. The van der Waals surface area contributed by atoms with Gasteiger partial charge in [-0.1, -0.05) is 6.07 Å². The van der Waals surface area contributed by atoms with Crippen molar-refractivity contribution in [1.82, 2.24) is 0 Å². The van der Waals surface area contributed by atoms with E-state index in [2.05, 4.69) is 0 Å². The second-order valence-electron chi connectivity index (χ2n) is 5.85. The molecule has 0 saturated carbocycles. The number of para-hydroxylation sites is 1. The average Bonchev–Trinajstić information content (AvgIpc) is 2.61. The number of hydrogen-bond acceptors (Lipinski definition) is 9. The van der Waals surface area contributed by atoms with Crippen molar-refractivity contribution < 1.29 is 44.6 Å². The topological polar surface area (TPSA) is 180 Å². The number of nitrogen functional groups attached to an aromatic ring is 1. The molecular formula is C16H21NO9. The number of carboxylic acids is 1. The first kappa shape index (κ1) is 20.1. The van der Waals surface area contributed by atoms with Gasteiger partial charge in [-0.3, -0.25) is 9.59 Å². The lowest BCUT2D eigenvalue weighted by Gasteiger charge is -2.39. The molecule has 26 heavy (non-hydrogen) atoms. The minimum Gasteiger partial charge on any atom is -0.481 e. The number of hydrogen-bond donors (Lipinski definition) is 6. The number of aliphatic carboxylic acids is 1.